The second-order valence-corrected chi connectivity index (χ2v) is 6.41. The summed E-state index contributed by atoms with van der Waals surface area (Å²) in [5.74, 6) is 0.597. The molecule has 5 heteroatoms. The van der Waals surface area contributed by atoms with Crippen LogP contribution >= 0.6 is 0 Å². The van der Waals surface area contributed by atoms with E-state index in [2.05, 4.69) is 18.9 Å². The topological polar surface area (TPSA) is 64.2 Å². The quantitative estimate of drug-likeness (QED) is 0.876. The number of anilines is 1. The van der Waals surface area contributed by atoms with E-state index in [0.29, 0.717) is 23.3 Å². The van der Waals surface area contributed by atoms with E-state index in [4.69, 9.17) is 5.73 Å². The number of nitrogens with zero attached hydrogens (tertiary/aromatic N) is 3. The summed E-state index contributed by atoms with van der Waals surface area (Å²) >= 11 is 0. The second kappa shape index (κ2) is 6.96. The highest BCUT2D eigenvalue weighted by Gasteiger charge is 2.29. The van der Waals surface area contributed by atoms with Gasteiger partial charge in [0, 0.05) is 25.3 Å². The van der Waals surface area contributed by atoms with E-state index < -0.39 is 0 Å². The van der Waals surface area contributed by atoms with Crippen molar-refractivity contribution >= 4 is 11.6 Å². The Bertz CT molecular complexity index is 475. The third kappa shape index (κ3) is 3.77. The summed E-state index contributed by atoms with van der Waals surface area (Å²) in [7, 11) is 0. The number of aromatic nitrogens is 2. The standard InChI is InChI=1S/C16H28N4O/c1-4-19-11-14(17)15(18-19)16(21)20(10-9-12(2)3)13-7-5-6-8-13/h11-13H,4-10,17H2,1-3H3. The fourth-order valence-corrected chi connectivity index (χ4v) is 2.96. The van der Waals surface area contributed by atoms with Crippen molar-refractivity contribution in [2.75, 3.05) is 12.3 Å². The fraction of sp³-hybridized carbons (Fsp3) is 0.750. The fourth-order valence-electron chi connectivity index (χ4n) is 2.96. The minimum Gasteiger partial charge on any atom is -0.396 e. The molecule has 0 spiro atoms. The summed E-state index contributed by atoms with van der Waals surface area (Å²) in [4.78, 5) is 14.9. The van der Waals surface area contributed by atoms with Crippen molar-refractivity contribution in [3.8, 4) is 0 Å². The molecular formula is C16H28N4O. The molecule has 0 radical (unpaired) electrons. The number of amides is 1. The minimum absolute atomic E-state index is 0.00671. The first-order chi connectivity index (χ1) is 10.0. The van der Waals surface area contributed by atoms with Crippen molar-refractivity contribution in [1.82, 2.24) is 14.7 Å². The van der Waals surface area contributed by atoms with E-state index in [1.165, 1.54) is 12.8 Å². The normalized spacial score (nSPS) is 15.8. The van der Waals surface area contributed by atoms with Crippen LogP contribution in [0.3, 0.4) is 0 Å². The first kappa shape index (κ1) is 15.9. The van der Waals surface area contributed by atoms with Gasteiger partial charge < -0.3 is 10.6 Å². The molecule has 1 fully saturated rings. The zero-order valence-electron chi connectivity index (χ0n) is 13.5. The molecule has 0 saturated heterocycles. The van der Waals surface area contributed by atoms with Crippen LogP contribution in [0.15, 0.2) is 6.20 Å². The van der Waals surface area contributed by atoms with Crippen LogP contribution in [-0.4, -0.2) is 33.2 Å². The molecule has 1 aromatic heterocycles. The Morgan fingerprint density at radius 2 is 2.14 bits per heavy atom. The number of hydrogen-bond acceptors (Lipinski definition) is 3. The van der Waals surface area contributed by atoms with Gasteiger partial charge in [-0.25, -0.2) is 0 Å². The van der Waals surface area contributed by atoms with Gasteiger partial charge in [0.05, 0.1) is 5.69 Å². The average molecular weight is 292 g/mol. The van der Waals surface area contributed by atoms with Gasteiger partial charge in [0.2, 0.25) is 0 Å². The number of nitrogens with two attached hydrogens (primary N) is 1. The molecule has 1 amide bonds. The van der Waals surface area contributed by atoms with Crippen molar-refractivity contribution in [2.45, 2.75) is 65.5 Å². The number of hydrogen-bond donors (Lipinski definition) is 1. The number of aryl methyl sites for hydroxylation is 1. The van der Waals surface area contributed by atoms with Crippen LogP contribution < -0.4 is 5.73 Å². The van der Waals surface area contributed by atoms with Gasteiger partial charge in [-0.15, -0.1) is 0 Å². The summed E-state index contributed by atoms with van der Waals surface area (Å²) in [5, 5.41) is 4.35. The number of carbonyl (C=O) groups is 1. The molecule has 118 valence electrons. The molecule has 1 saturated carbocycles. The van der Waals surface area contributed by atoms with Crippen molar-refractivity contribution in [2.24, 2.45) is 5.92 Å². The Kier molecular flexibility index (Phi) is 5.26. The van der Waals surface area contributed by atoms with Crippen molar-refractivity contribution < 1.29 is 4.79 Å². The molecule has 2 N–H and O–H groups in total. The highest BCUT2D eigenvalue weighted by atomic mass is 16.2. The summed E-state index contributed by atoms with van der Waals surface area (Å²) in [6.45, 7) is 7.91. The number of nitrogen functional groups attached to an aromatic ring is 1. The minimum atomic E-state index is 0.00671. The van der Waals surface area contributed by atoms with Gasteiger partial charge in [0.25, 0.3) is 5.91 Å². The van der Waals surface area contributed by atoms with E-state index in [1.807, 2.05) is 11.8 Å². The Morgan fingerprint density at radius 1 is 1.48 bits per heavy atom. The molecule has 1 aromatic rings. The zero-order valence-corrected chi connectivity index (χ0v) is 13.5. The van der Waals surface area contributed by atoms with Gasteiger partial charge in [0.1, 0.15) is 0 Å². The van der Waals surface area contributed by atoms with Crippen LogP contribution in [0.4, 0.5) is 5.69 Å². The van der Waals surface area contributed by atoms with Crippen LogP contribution in [0.2, 0.25) is 0 Å². The van der Waals surface area contributed by atoms with Gasteiger partial charge in [-0.1, -0.05) is 26.7 Å². The van der Waals surface area contributed by atoms with Crippen molar-refractivity contribution in [1.29, 1.82) is 0 Å². The third-order valence-corrected chi connectivity index (χ3v) is 4.29. The van der Waals surface area contributed by atoms with Crippen LogP contribution in [0.5, 0.6) is 0 Å². The predicted molar refractivity (Wildman–Crippen MR) is 85.1 cm³/mol. The van der Waals surface area contributed by atoms with E-state index in [0.717, 1.165) is 32.4 Å². The molecule has 21 heavy (non-hydrogen) atoms. The maximum Gasteiger partial charge on any atom is 0.276 e. The molecule has 5 nitrogen and oxygen atoms in total. The first-order valence-corrected chi connectivity index (χ1v) is 8.16. The Morgan fingerprint density at radius 3 is 2.67 bits per heavy atom. The maximum atomic E-state index is 12.9. The number of carbonyl (C=O) groups excluding carboxylic acids is 1. The van der Waals surface area contributed by atoms with Crippen molar-refractivity contribution in [3.05, 3.63) is 11.9 Å². The lowest BCUT2D eigenvalue weighted by Gasteiger charge is -2.29. The Balaban J connectivity index is 2.17. The molecule has 0 atom stereocenters. The SMILES string of the molecule is CCn1cc(N)c(C(=O)N(CCC(C)C)C2CCCC2)n1. The average Bonchev–Trinajstić information content (AvgIpc) is 3.07. The molecule has 1 aliphatic rings. The lowest BCUT2D eigenvalue weighted by molar-refractivity contribution is 0.0666. The molecule has 1 aliphatic carbocycles. The molecule has 0 aromatic carbocycles. The first-order valence-electron chi connectivity index (χ1n) is 8.16. The molecule has 0 unspecified atom stereocenters. The zero-order chi connectivity index (χ0) is 15.4. The molecular weight excluding hydrogens is 264 g/mol. The summed E-state index contributed by atoms with van der Waals surface area (Å²) in [6.07, 6.45) is 7.43. The molecule has 0 bridgehead atoms. The van der Waals surface area contributed by atoms with Crippen molar-refractivity contribution in [3.63, 3.8) is 0 Å². The largest absolute Gasteiger partial charge is 0.396 e. The van der Waals surface area contributed by atoms with Gasteiger partial charge in [-0.3, -0.25) is 9.48 Å². The lowest BCUT2D eigenvalue weighted by atomic mass is 10.1. The lowest BCUT2D eigenvalue weighted by Crippen LogP contribution is -2.40. The van der Waals surface area contributed by atoms with Crippen LogP contribution in [0.1, 0.15) is 63.4 Å². The van der Waals surface area contributed by atoms with Gasteiger partial charge in [-0.05, 0) is 32.1 Å². The van der Waals surface area contributed by atoms with Gasteiger partial charge >= 0.3 is 0 Å². The Labute approximate surface area is 127 Å². The Hall–Kier alpha value is -1.52. The predicted octanol–water partition coefficient (Wildman–Crippen LogP) is 2.92. The smallest absolute Gasteiger partial charge is 0.276 e. The highest BCUT2D eigenvalue weighted by molar-refractivity contribution is 5.97. The van der Waals surface area contributed by atoms with E-state index in [-0.39, 0.29) is 5.91 Å². The van der Waals surface area contributed by atoms with E-state index in [9.17, 15) is 4.79 Å². The molecule has 2 rings (SSSR count). The summed E-state index contributed by atoms with van der Waals surface area (Å²) in [5.41, 5.74) is 6.90. The monoisotopic (exact) mass is 292 g/mol. The summed E-state index contributed by atoms with van der Waals surface area (Å²) in [6, 6.07) is 0.363. The third-order valence-electron chi connectivity index (χ3n) is 4.29. The highest BCUT2D eigenvalue weighted by Crippen LogP contribution is 2.26. The van der Waals surface area contributed by atoms with Gasteiger partial charge in [-0.2, -0.15) is 5.10 Å². The molecule has 1 heterocycles. The van der Waals surface area contributed by atoms with E-state index in [1.54, 1.807) is 10.9 Å². The maximum absolute atomic E-state index is 12.9. The van der Waals surface area contributed by atoms with E-state index >= 15 is 0 Å². The van der Waals surface area contributed by atoms with Crippen LogP contribution in [0.25, 0.3) is 0 Å². The second-order valence-electron chi connectivity index (χ2n) is 6.41. The van der Waals surface area contributed by atoms with Crippen LogP contribution in [0, 0.1) is 5.92 Å². The van der Waals surface area contributed by atoms with Gasteiger partial charge in [0.15, 0.2) is 5.69 Å². The molecule has 0 aliphatic heterocycles. The number of rotatable bonds is 6. The summed E-state index contributed by atoms with van der Waals surface area (Å²) < 4.78 is 1.73. The van der Waals surface area contributed by atoms with Crippen LogP contribution in [-0.2, 0) is 6.54 Å².